The molecule has 0 amide bonds. The van der Waals surface area contributed by atoms with Crippen LogP contribution in [0.4, 0.5) is 11.4 Å². The lowest BCUT2D eigenvalue weighted by molar-refractivity contribution is 0.410. The first-order valence-corrected chi connectivity index (χ1v) is 10.0. The smallest absolute Gasteiger partial charge is 0.261 e. The van der Waals surface area contributed by atoms with Crippen molar-refractivity contribution in [2.45, 2.75) is 18.4 Å². The molecule has 0 atom stereocenters. The molecule has 3 aromatic carbocycles. The molecule has 0 unspecified atom stereocenters. The predicted molar refractivity (Wildman–Crippen MR) is 109 cm³/mol. The lowest BCUT2D eigenvalue weighted by Crippen LogP contribution is -2.13. The van der Waals surface area contributed by atoms with Crippen LogP contribution < -0.4 is 14.8 Å². The summed E-state index contributed by atoms with van der Waals surface area (Å²) in [5.74, 6) is 0.826. The van der Waals surface area contributed by atoms with Crippen LogP contribution in [0.25, 0.3) is 0 Å². The molecule has 0 saturated carbocycles. The number of hydrogen-bond donors (Lipinski definition) is 2. The largest absolute Gasteiger partial charge is 0.496 e. The second kappa shape index (κ2) is 8.14. The molecule has 140 valence electrons. The van der Waals surface area contributed by atoms with E-state index in [0.717, 1.165) is 22.6 Å². The molecule has 6 heteroatoms. The number of hydrogen-bond acceptors (Lipinski definition) is 4. The summed E-state index contributed by atoms with van der Waals surface area (Å²) in [5, 5.41) is 3.31. The minimum Gasteiger partial charge on any atom is -0.496 e. The van der Waals surface area contributed by atoms with Gasteiger partial charge in [-0.25, -0.2) is 8.42 Å². The number of anilines is 2. The molecule has 0 saturated heterocycles. The summed E-state index contributed by atoms with van der Waals surface area (Å²) < 4.78 is 32.9. The molecule has 0 spiro atoms. The summed E-state index contributed by atoms with van der Waals surface area (Å²) in [7, 11) is -1.95. The number of ether oxygens (including phenoxy) is 1. The molecule has 0 radical (unpaired) electrons. The van der Waals surface area contributed by atoms with Gasteiger partial charge in [0.15, 0.2) is 0 Å². The van der Waals surface area contributed by atoms with Gasteiger partial charge in [0.1, 0.15) is 5.75 Å². The van der Waals surface area contributed by atoms with E-state index in [4.69, 9.17) is 4.74 Å². The number of benzene rings is 3. The number of methoxy groups -OCH3 is 1. The van der Waals surface area contributed by atoms with Crippen molar-refractivity contribution in [3.05, 3.63) is 83.9 Å². The minimum absolute atomic E-state index is 0.251. The molecule has 27 heavy (non-hydrogen) atoms. The summed E-state index contributed by atoms with van der Waals surface area (Å²) in [5.41, 5.74) is 3.34. The average Bonchev–Trinajstić information content (AvgIpc) is 2.67. The van der Waals surface area contributed by atoms with E-state index >= 15 is 0 Å². The van der Waals surface area contributed by atoms with E-state index in [9.17, 15) is 8.42 Å². The summed E-state index contributed by atoms with van der Waals surface area (Å²) in [6.45, 7) is 2.47. The van der Waals surface area contributed by atoms with Crippen LogP contribution in [0.3, 0.4) is 0 Å². The topological polar surface area (TPSA) is 67.4 Å². The van der Waals surface area contributed by atoms with Gasteiger partial charge < -0.3 is 10.1 Å². The Balaban J connectivity index is 1.67. The van der Waals surface area contributed by atoms with Gasteiger partial charge in [0.25, 0.3) is 10.0 Å². The van der Waals surface area contributed by atoms with Crippen molar-refractivity contribution in [3.63, 3.8) is 0 Å². The number of sulfonamides is 1. The van der Waals surface area contributed by atoms with Crippen molar-refractivity contribution in [2.24, 2.45) is 0 Å². The fourth-order valence-corrected chi connectivity index (χ4v) is 3.86. The van der Waals surface area contributed by atoms with Crippen LogP contribution in [-0.2, 0) is 16.6 Å². The van der Waals surface area contributed by atoms with Crippen molar-refractivity contribution in [2.75, 3.05) is 17.1 Å². The molecule has 2 N–H and O–H groups in total. The van der Waals surface area contributed by atoms with Gasteiger partial charge in [-0.15, -0.1) is 0 Å². The SMILES string of the molecule is COc1ccccc1CNc1ccc(NS(=O)(=O)c2cccc(C)c2)cc1. The van der Waals surface area contributed by atoms with Gasteiger partial charge in [-0.3, -0.25) is 4.72 Å². The Kier molecular flexibility index (Phi) is 5.66. The van der Waals surface area contributed by atoms with Crippen LogP contribution in [0.1, 0.15) is 11.1 Å². The van der Waals surface area contributed by atoms with E-state index in [1.54, 1.807) is 37.4 Å². The quantitative estimate of drug-likeness (QED) is 0.635. The van der Waals surface area contributed by atoms with Crippen LogP contribution in [-0.4, -0.2) is 15.5 Å². The lowest BCUT2D eigenvalue weighted by Gasteiger charge is -2.12. The molecule has 0 aliphatic rings. The fourth-order valence-electron chi connectivity index (χ4n) is 2.70. The van der Waals surface area contributed by atoms with Gasteiger partial charge in [0, 0.05) is 23.5 Å². The Labute approximate surface area is 160 Å². The molecule has 0 bridgehead atoms. The number of rotatable bonds is 7. The van der Waals surface area contributed by atoms with Crippen molar-refractivity contribution < 1.29 is 13.2 Å². The van der Waals surface area contributed by atoms with Crippen LogP contribution >= 0.6 is 0 Å². The molecule has 5 nitrogen and oxygen atoms in total. The van der Waals surface area contributed by atoms with Gasteiger partial charge >= 0.3 is 0 Å². The van der Waals surface area contributed by atoms with Crippen LogP contribution in [0.2, 0.25) is 0 Å². The summed E-state index contributed by atoms with van der Waals surface area (Å²) in [4.78, 5) is 0.251. The second-order valence-corrected chi connectivity index (χ2v) is 7.85. The first-order valence-electron chi connectivity index (χ1n) is 8.53. The summed E-state index contributed by atoms with van der Waals surface area (Å²) in [6.07, 6.45) is 0. The van der Waals surface area contributed by atoms with Gasteiger partial charge in [0.2, 0.25) is 0 Å². The zero-order valence-corrected chi connectivity index (χ0v) is 16.1. The van der Waals surface area contributed by atoms with Crippen molar-refractivity contribution in [1.82, 2.24) is 0 Å². The standard InChI is InChI=1S/C21H22N2O3S/c1-16-6-5-8-20(14-16)27(24,25)23-19-12-10-18(11-13-19)22-15-17-7-3-4-9-21(17)26-2/h3-14,22-23H,15H2,1-2H3. The van der Waals surface area contributed by atoms with E-state index in [-0.39, 0.29) is 4.90 Å². The van der Waals surface area contributed by atoms with Gasteiger partial charge in [-0.1, -0.05) is 30.3 Å². The predicted octanol–water partition coefficient (Wildman–Crippen LogP) is 4.42. The Bertz CT molecular complexity index is 1020. The number of para-hydroxylation sites is 1. The van der Waals surface area contributed by atoms with Crippen molar-refractivity contribution >= 4 is 21.4 Å². The van der Waals surface area contributed by atoms with Crippen molar-refractivity contribution in [1.29, 1.82) is 0 Å². The Morgan fingerprint density at radius 2 is 1.59 bits per heavy atom. The van der Waals surface area contributed by atoms with E-state index < -0.39 is 10.0 Å². The molecule has 0 aliphatic heterocycles. The Morgan fingerprint density at radius 3 is 2.30 bits per heavy atom. The maximum absolute atomic E-state index is 12.5. The monoisotopic (exact) mass is 382 g/mol. The lowest BCUT2D eigenvalue weighted by atomic mass is 10.2. The third-order valence-corrected chi connectivity index (χ3v) is 5.49. The molecule has 3 aromatic rings. The van der Waals surface area contributed by atoms with Crippen molar-refractivity contribution in [3.8, 4) is 5.75 Å². The van der Waals surface area contributed by atoms with Crippen LogP contribution in [0.15, 0.2) is 77.7 Å². The summed E-state index contributed by atoms with van der Waals surface area (Å²) >= 11 is 0. The Hall–Kier alpha value is -2.99. The average molecular weight is 382 g/mol. The highest BCUT2D eigenvalue weighted by Gasteiger charge is 2.14. The number of aryl methyl sites for hydroxylation is 1. The van der Waals surface area contributed by atoms with E-state index in [1.807, 2.05) is 49.4 Å². The van der Waals surface area contributed by atoms with Gasteiger partial charge in [-0.2, -0.15) is 0 Å². The first-order chi connectivity index (χ1) is 13.0. The normalized spacial score (nSPS) is 11.0. The van der Waals surface area contributed by atoms with Crippen LogP contribution in [0, 0.1) is 6.92 Å². The van der Waals surface area contributed by atoms with Crippen LogP contribution in [0.5, 0.6) is 5.75 Å². The first kappa shape index (κ1) is 18.8. The highest BCUT2D eigenvalue weighted by molar-refractivity contribution is 7.92. The highest BCUT2D eigenvalue weighted by atomic mass is 32.2. The molecule has 0 heterocycles. The molecule has 0 aliphatic carbocycles. The molecule has 3 rings (SSSR count). The maximum atomic E-state index is 12.5. The van der Waals surface area contributed by atoms with E-state index in [2.05, 4.69) is 10.0 Å². The third-order valence-electron chi connectivity index (χ3n) is 4.11. The van der Waals surface area contributed by atoms with E-state index in [0.29, 0.717) is 12.2 Å². The highest BCUT2D eigenvalue weighted by Crippen LogP contribution is 2.21. The molecular formula is C21H22N2O3S. The molecule has 0 aromatic heterocycles. The fraction of sp³-hybridized carbons (Fsp3) is 0.143. The van der Waals surface area contributed by atoms with Gasteiger partial charge in [0.05, 0.1) is 12.0 Å². The maximum Gasteiger partial charge on any atom is 0.261 e. The zero-order valence-electron chi connectivity index (χ0n) is 15.3. The molecular weight excluding hydrogens is 360 g/mol. The van der Waals surface area contributed by atoms with E-state index in [1.165, 1.54) is 0 Å². The zero-order chi connectivity index (χ0) is 19.3. The summed E-state index contributed by atoms with van der Waals surface area (Å²) in [6, 6.07) is 21.8. The minimum atomic E-state index is -3.60. The molecule has 0 fully saturated rings. The second-order valence-electron chi connectivity index (χ2n) is 6.16. The number of nitrogens with one attached hydrogen (secondary N) is 2. The van der Waals surface area contributed by atoms with Gasteiger partial charge in [-0.05, 0) is 55.0 Å². The third kappa shape index (κ3) is 4.80. The Morgan fingerprint density at radius 1 is 0.889 bits per heavy atom.